The Morgan fingerprint density at radius 1 is 0.647 bits per heavy atom. The Hall–Kier alpha value is -1.14. The van der Waals surface area contributed by atoms with Gasteiger partial charge in [-0.3, -0.25) is 9.80 Å². The molecule has 4 nitrogen and oxygen atoms in total. The van der Waals surface area contributed by atoms with E-state index >= 15 is 0 Å². The number of benzene rings is 2. The first kappa shape index (κ1) is 25.9. The third-order valence-corrected chi connectivity index (χ3v) is 7.90. The summed E-state index contributed by atoms with van der Waals surface area (Å²) in [4.78, 5) is 5.23. The Labute approximate surface area is 216 Å². The number of piperidine rings is 2. The van der Waals surface area contributed by atoms with Crippen molar-refractivity contribution < 1.29 is 0 Å². The van der Waals surface area contributed by atoms with Crippen LogP contribution < -0.4 is 10.6 Å². The fourth-order valence-corrected chi connectivity index (χ4v) is 6.15. The summed E-state index contributed by atoms with van der Waals surface area (Å²) in [6, 6.07) is 13.0. The Morgan fingerprint density at radius 2 is 1.06 bits per heavy atom. The molecule has 2 aromatic rings. The van der Waals surface area contributed by atoms with Crippen molar-refractivity contribution in [3.63, 3.8) is 0 Å². The minimum Gasteiger partial charge on any atom is -0.319 e. The minimum atomic E-state index is 0.688. The highest BCUT2D eigenvalue weighted by atomic mass is 35.5. The molecule has 6 heteroatoms. The first-order valence-electron chi connectivity index (χ1n) is 12.9. The predicted octanol–water partition coefficient (Wildman–Crippen LogP) is 5.52. The molecule has 2 aliphatic heterocycles. The van der Waals surface area contributed by atoms with E-state index in [-0.39, 0.29) is 0 Å². The number of halogens is 2. The maximum Gasteiger partial charge on any atom is 0.0426 e. The molecule has 0 bridgehead atoms. The van der Waals surface area contributed by atoms with Crippen LogP contribution in [0.25, 0.3) is 11.1 Å². The van der Waals surface area contributed by atoms with Crippen molar-refractivity contribution in [2.75, 3.05) is 53.4 Å². The zero-order chi connectivity index (χ0) is 23.9. The molecule has 0 unspecified atom stereocenters. The third kappa shape index (κ3) is 7.43. The second-order valence-electron chi connectivity index (χ2n) is 10.3. The van der Waals surface area contributed by atoms with Crippen LogP contribution in [0.1, 0.15) is 36.8 Å². The molecule has 186 valence electrons. The second kappa shape index (κ2) is 12.7. The first-order valence-corrected chi connectivity index (χ1v) is 13.6. The maximum absolute atomic E-state index is 6.36. The molecule has 2 aliphatic rings. The normalized spacial score (nSPS) is 19.1. The monoisotopic (exact) mass is 502 g/mol. The summed E-state index contributed by atoms with van der Waals surface area (Å²) in [6.07, 6.45) is 5.11. The number of hydrogen-bond donors (Lipinski definition) is 2. The molecule has 2 heterocycles. The van der Waals surface area contributed by atoms with Crippen LogP contribution in [-0.2, 0) is 13.1 Å². The summed E-state index contributed by atoms with van der Waals surface area (Å²) in [5.74, 6) is 1.62. The topological polar surface area (TPSA) is 30.5 Å². The summed E-state index contributed by atoms with van der Waals surface area (Å²) >= 11 is 12.7. The van der Waals surface area contributed by atoms with Crippen molar-refractivity contribution in [1.82, 2.24) is 20.4 Å². The van der Waals surface area contributed by atoms with Crippen LogP contribution in [-0.4, -0.2) is 63.2 Å². The smallest absolute Gasteiger partial charge is 0.0426 e. The van der Waals surface area contributed by atoms with Crippen LogP contribution in [0.4, 0.5) is 0 Å². The van der Waals surface area contributed by atoms with E-state index in [4.69, 9.17) is 23.2 Å². The van der Waals surface area contributed by atoms with E-state index in [1.165, 1.54) is 68.6 Å². The molecule has 2 fully saturated rings. The van der Waals surface area contributed by atoms with Gasteiger partial charge < -0.3 is 10.6 Å². The lowest BCUT2D eigenvalue weighted by atomic mass is 9.94. The molecular formula is C28H40Cl2N4. The number of hydrogen-bond acceptors (Lipinski definition) is 4. The van der Waals surface area contributed by atoms with Crippen molar-refractivity contribution in [1.29, 1.82) is 0 Å². The highest BCUT2D eigenvalue weighted by Gasteiger charge is 2.21. The van der Waals surface area contributed by atoms with Crippen LogP contribution in [0.2, 0.25) is 10.0 Å². The Bertz CT molecular complexity index is 852. The van der Waals surface area contributed by atoms with Crippen LogP contribution in [0, 0.1) is 11.8 Å². The Morgan fingerprint density at radius 3 is 1.47 bits per heavy atom. The molecule has 0 amide bonds. The van der Waals surface area contributed by atoms with Crippen molar-refractivity contribution in [2.24, 2.45) is 11.8 Å². The van der Waals surface area contributed by atoms with Gasteiger partial charge in [-0.15, -0.1) is 0 Å². The molecule has 0 aliphatic carbocycles. The van der Waals surface area contributed by atoms with Gasteiger partial charge in [0.15, 0.2) is 0 Å². The second-order valence-corrected chi connectivity index (χ2v) is 11.1. The highest BCUT2D eigenvalue weighted by molar-refractivity contribution is 6.35. The average Bonchev–Trinajstić information content (AvgIpc) is 2.81. The molecule has 0 atom stereocenters. The zero-order valence-corrected chi connectivity index (χ0v) is 22.3. The van der Waals surface area contributed by atoms with Gasteiger partial charge in [-0.25, -0.2) is 0 Å². The molecule has 0 spiro atoms. The molecule has 4 rings (SSSR count). The lowest BCUT2D eigenvalue weighted by molar-refractivity contribution is 0.174. The van der Waals surface area contributed by atoms with E-state index in [9.17, 15) is 0 Å². The summed E-state index contributed by atoms with van der Waals surface area (Å²) < 4.78 is 0. The van der Waals surface area contributed by atoms with E-state index in [1.807, 2.05) is 18.2 Å². The molecule has 2 N–H and O–H groups in total. The molecule has 0 radical (unpaired) electrons. The summed E-state index contributed by atoms with van der Waals surface area (Å²) in [5.41, 5.74) is 5.09. The van der Waals surface area contributed by atoms with Gasteiger partial charge in [0.05, 0.1) is 0 Å². The van der Waals surface area contributed by atoms with Gasteiger partial charge in [0.2, 0.25) is 0 Å². The number of nitrogens with zero attached hydrogens (tertiary/aromatic N) is 2. The van der Waals surface area contributed by atoms with Gasteiger partial charge in [-0.1, -0.05) is 29.3 Å². The summed E-state index contributed by atoms with van der Waals surface area (Å²) in [6.45, 7) is 8.98. The summed E-state index contributed by atoms with van der Waals surface area (Å²) in [7, 11) is 4.12. The van der Waals surface area contributed by atoms with E-state index in [0.29, 0.717) is 10.0 Å². The van der Waals surface area contributed by atoms with Crippen LogP contribution in [0.5, 0.6) is 0 Å². The number of rotatable bonds is 9. The minimum absolute atomic E-state index is 0.688. The predicted molar refractivity (Wildman–Crippen MR) is 146 cm³/mol. The van der Waals surface area contributed by atoms with E-state index in [1.54, 1.807) is 0 Å². The summed E-state index contributed by atoms with van der Waals surface area (Å²) in [5, 5.41) is 8.06. The van der Waals surface area contributed by atoms with Crippen LogP contribution in [0.3, 0.4) is 0 Å². The third-order valence-electron chi connectivity index (χ3n) is 7.46. The molecule has 2 saturated heterocycles. The van der Waals surface area contributed by atoms with Crippen molar-refractivity contribution in [2.45, 2.75) is 38.8 Å². The van der Waals surface area contributed by atoms with Gasteiger partial charge in [0.25, 0.3) is 0 Å². The quantitative estimate of drug-likeness (QED) is 0.472. The standard InChI is InChI=1S/C28H40Cl2N4/c1-31-17-21-3-7-33(8-4-21)19-23-11-24(20-34-9-5-22(6-10-34)18-32-2)13-25(12-23)26-14-27(29)16-28(30)15-26/h11-16,21-22,31-32H,3-10,17-20H2,1-2H3. The van der Waals surface area contributed by atoms with Gasteiger partial charge in [-0.2, -0.15) is 0 Å². The first-order chi connectivity index (χ1) is 16.5. The average molecular weight is 504 g/mol. The molecule has 2 aromatic carbocycles. The molecular weight excluding hydrogens is 463 g/mol. The van der Waals surface area contributed by atoms with E-state index < -0.39 is 0 Å². The van der Waals surface area contributed by atoms with Gasteiger partial charge >= 0.3 is 0 Å². The Balaban J connectivity index is 1.51. The maximum atomic E-state index is 6.36. The van der Waals surface area contributed by atoms with Gasteiger partial charge in [0.1, 0.15) is 0 Å². The molecule has 0 saturated carbocycles. The SMILES string of the molecule is CNCC1CCN(Cc2cc(CN3CCC(CNC)CC3)cc(-c3cc(Cl)cc(Cl)c3)c2)CC1. The van der Waals surface area contributed by atoms with Crippen molar-refractivity contribution in [3.05, 3.63) is 57.6 Å². The van der Waals surface area contributed by atoms with Crippen molar-refractivity contribution in [3.8, 4) is 11.1 Å². The zero-order valence-electron chi connectivity index (χ0n) is 20.8. The van der Waals surface area contributed by atoms with Crippen LogP contribution >= 0.6 is 23.2 Å². The molecule has 0 aromatic heterocycles. The van der Waals surface area contributed by atoms with E-state index in [0.717, 1.165) is 43.6 Å². The van der Waals surface area contributed by atoms with E-state index in [2.05, 4.69) is 52.7 Å². The van der Waals surface area contributed by atoms with Crippen molar-refractivity contribution >= 4 is 23.2 Å². The lowest BCUT2D eigenvalue weighted by Crippen LogP contribution is -2.36. The largest absolute Gasteiger partial charge is 0.319 e. The fourth-order valence-electron chi connectivity index (χ4n) is 5.62. The Kier molecular flexibility index (Phi) is 9.70. The lowest BCUT2D eigenvalue weighted by Gasteiger charge is -2.33. The number of nitrogens with one attached hydrogen (secondary N) is 2. The van der Waals surface area contributed by atoms with Crippen LogP contribution in [0.15, 0.2) is 36.4 Å². The van der Waals surface area contributed by atoms with Gasteiger partial charge in [-0.05, 0) is 143 Å². The fraction of sp³-hybridized carbons (Fsp3) is 0.571. The van der Waals surface area contributed by atoms with Gasteiger partial charge in [0, 0.05) is 23.1 Å². The molecule has 34 heavy (non-hydrogen) atoms. The highest BCUT2D eigenvalue weighted by Crippen LogP contribution is 2.30. The number of likely N-dealkylation sites (tertiary alicyclic amines) is 2.